The third kappa shape index (κ3) is 4.92. The van der Waals surface area contributed by atoms with Crippen molar-refractivity contribution in [2.45, 2.75) is 51.1 Å². The van der Waals surface area contributed by atoms with E-state index in [1.165, 1.54) is 13.5 Å². The van der Waals surface area contributed by atoms with Crippen LogP contribution in [0.2, 0.25) is 0 Å². The molecule has 1 aliphatic carbocycles. The van der Waals surface area contributed by atoms with Crippen LogP contribution in [0, 0.1) is 5.92 Å². The quantitative estimate of drug-likeness (QED) is 0.544. The van der Waals surface area contributed by atoms with Gasteiger partial charge in [0.15, 0.2) is 12.6 Å². The van der Waals surface area contributed by atoms with Crippen molar-refractivity contribution in [1.82, 2.24) is 10.6 Å². The molecule has 1 aliphatic heterocycles. The molecule has 0 aromatic carbocycles. The van der Waals surface area contributed by atoms with Gasteiger partial charge in [-0.3, -0.25) is 14.4 Å². The monoisotopic (exact) mass is 326 g/mol. The zero-order chi connectivity index (χ0) is 16.8. The van der Waals surface area contributed by atoms with E-state index in [1.54, 1.807) is 0 Å². The number of carbonyl (C=O) groups is 3. The van der Waals surface area contributed by atoms with Gasteiger partial charge in [0.1, 0.15) is 6.42 Å². The van der Waals surface area contributed by atoms with Crippen LogP contribution in [0.4, 0.5) is 0 Å². The van der Waals surface area contributed by atoms with Gasteiger partial charge in [-0.05, 0) is 18.8 Å². The molecule has 3 N–H and O–H groups in total. The number of carbonyl (C=O) groups excluding carboxylic acids is 3. The Morgan fingerprint density at radius 1 is 1.35 bits per heavy atom. The van der Waals surface area contributed by atoms with E-state index < -0.39 is 12.0 Å². The molecule has 4 atom stereocenters. The summed E-state index contributed by atoms with van der Waals surface area (Å²) in [6.45, 7) is 3.56. The predicted octanol–water partition coefficient (Wildman–Crippen LogP) is -1.37. The van der Waals surface area contributed by atoms with Crippen LogP contribution in [0.15, 0.2) is 0 Å². The lowest BCUT2D eigenvalue weighted by molar-refractivity contribution is -0.909. The predicted molar refractivity (Wildman–Crippen MR) is 83.7 cm³/mol. The minimum atomic E-state index is -0.550. The van der Waals surface area contributed by atoms with Gasteiger partial charge in [-0.1, -0.05) is 19.8 Å². The number of amides is 2. The van der Waals surface area contributed by atoms with Crippen LogP contribution in [-0.2, 0) is 19.1 Å². The van der Waals surface area contributed by atoms with E-state index in [-0.39, 0.29) is 30.8 Å². The summed E-state index contributed by atoms with van der Waals surface area (Å²) in [5, 5.41) is 5.86. The maximum absolute atomic E-state index is 12.4. The molecule has 0 spiro atoms. The number of nitrogens with one attached hydrogen (secondary N) is 3. The second-order valence-corrected chi connectivity index (χ2v) is 6.64. The van der Waals surface area contributed by atoms with Crippen molar-refractivity contribution in [2.75, 3.05) is 26.7 Å². The fourth-order valence-corrected chi connectivity index (χ4v) is 3.52. The zero-order valence-electron chi connectivity index (χ0n) is 14.0. The Hall–Kier alpha value is -1.63. The number of rotatable bonds is 5. The number of ether oxygens (including phenoxy) is 1. The van der Waals surface area contributed by atoms with Crippen LogP contribution in [0.5, 0.6) is 0 Å². The molecule has 7 nitrogen and oxygen atoms in total. The molecule has 130 valence electrons. The van der Waals surface area contributed by atoms with Gasteiger partial charge in [-0.25, -0.2) is 0 Å². The number of hydrogen-bond acceptors (Lipinski definition) is 4. The van der Waals surface area contributed by atoms with E-state index in [0.29, 0.717) is 19.0 Å². The number of piperazine rings is 1. The van der Waals surface area contributed by atoms with Crippen molar-refractivity contribution in [1.29, 1.82) is 0 Å². The Bertz CT molecular complexity index is 455. The van der Waals surface area contributed by atoms with E-state index >= 15 is 0 Å². The molecule has 0 aromatic heterocycles. The summed E-state index contributed by atoms with van der Waals surface area (Å²) in [6.07, 6.45) is 4.56. The van der Waals surface area contributed by atoms with Crippen LogP contribution in [0.3, 0.4) is 0 Å². The first-order valence-corrected chi connectivity index (χ1v) is 8.49. The van der Waals surface area contributed by atoms with Crippen molar-refractivity contribution in [3.8, 4) is 0 Å². The lowest BCUT2D eigenvalue weighted by Crippen LogP contribution is -3.20. The highest BCUT2D eigenvalue weighted by Gasteiger charge is 2.37. The second kappa shape index (κ2) is 8.29. The lowest BCUT2D eigenvalue weighted by Gasteiger charge is -2.33. The Labute approximate surface area is 137 Å². The fourth-order valence-electron chi connectivity index (χ4n) is 3.52. The van der Waals surface area contributed by atoms with E-state index in [2.05, 4.69) is 22.3 Å². The van der Waals surface area contributed by atoms with E-state index in [1.807, 2.05) is 0 Å². The Kier molecular flexibility index (Phi) is 6.38. The third-order valence-corrected chi connectivity index (χ3v) is 5.00. The zero-order valence-corrected chi connectivity index (χ0v) is 14.0. The molecule has 2 amide bonds. The van der Waals surface area contributed by atoms with Crippen molar-refractivity contribution in [2.24, 2.45) is 5.92 Å². The maximum atomic E-state index is 12.4. The maximum Gasteiger partial charge on any atom is 0.312 e. The fraction of sp³-hybridized carbons (Fsp3) is 0.812. The average molecular weight is 326 g/mol. The summed E-state index contributed by atoms with van der Waals surface area (Å²) in [5.41, 5.74) is 0. The third-order valence-electron chi connectivity index (χ3n) is 5.00. The highest BCUT2D eigenvalue weighted by atomic mass is 16.5. The van der Waals surface area contributed by atoms with Gasteiger partial charge < -0.3 is 20.3 Å². The molecule has 2 aliphatic rings. The SMILES string of the molecule is COC(=O)C[C@H]1C(=O)NCC[NH+]1CC(=O)N[C@@H]1CCCC[C@H]1C. The smallest absolute Gasteiger partial charge is 0.312 e. The van der Waals surface area contributed by atoms with E-state index in [0.717, 1.165) is 24.2 Å². The average Bonchev–Trinajstić information content (AvgIpc) is 2.52. The molecule has 2 rings (SSSR count). The Morgan fingerprint density at radius 2 is 2.09 bits per heavy atom. The van der Waals surface area contributed by atoms with Crippen molar-refractivity contribution < 1.29 is 24.0 Å². The Morgan fingerprint density at radius 3 is 2.78 bits per heavy atom. The van der Waals surface area contributed by atoms with Crippen LogP contribution >= 0.6 is 0 Å². The van der Waals surface area contributed by atoms with Crippen molar-refractivity contribution >= 4 is 17.8 Å². The summed E-state index contributed by atoms with van der Waals surface area (Å²) in [6, 6.07) is -0.320. The summed E-state index contributed by atoms with van der Waals surface area (Å²) in [4.78, 5) is 36.7. The first kappa shape index (κ1) is 17.7. The van der Waals surface area contributed by atoms with Crippen LogP contribution < -0.4 is 15.5 Å². The van der Waals surface area contributed by atoms with Crippen LogP contribution in [0.25, 0.3) is 0 Å². The van der Waals surface area contributed by atoms with Gasteiger partial charge in [0.05, 0.1) is 20.2 Å². The molecule has 23 heavy (non-hydrogen) atoms. The van der Waals surface area contributed by atoms with Gasteiger partial charge in [0.2, 0.25) is 0 Å². The van der Waals surface area contributed by atoms with Crippen LogP contribution in [0.1, 0.15) is 39.0 Å². The standard InChI is InChI=1S/C16H27N3O4/c1-11-5-3-4-6-12(11)18-14(20)10-19-8-7-17-16(22)13(19)9-15(21)23-2/h11-13H,3-10H2,1-2H3,(H,17,22)(H,18,20)/p+1/t11-,12-,13+/m1/s1. The van der Waals surface area contributed by atoms with Crippen molar-refractivity contribution in [3.05, 3.63) is 0 Å². The number of hydrogen-bond donors (Lipinski definition) is 3. The molecule has 1 saturated carbocycles. The largest absolute Gasteiger partial charge is 0.469 e. The number of quaternary nitrogens is 1. The second-order valence-electron chi connectivity index (χ2n) is 6.64. The Balaban J connectivity index is 1.91. The molecular formula is C16H28N3O4+. The number of esters is 1. The highest BCUT2D eigenvalue weighted by molar-refractivity contribution is 5.86. The summed E-state index contributed by atoms with van der Waals surface area (Å²) in [7, 11) is 1.31. The first-order chi connectivity index (χ1) is 11.0. The minimum absolute atomic E-state index is 0.00474. The normalized spacial score (nSPS) is 31.1. The molecule has 0 bridgehead atoms. The molecule has 0 aromatic rings. The molecule has 7 heteroatoms. The van der Waals surface area contributed by atoms with E-state index in [4.69, 9.17) is 0 Å². The first-order valence-electron chi connectivity index (χ1n) is 8.49. The van der Waals surface area contributed by atoms with E-state index in [9.17, 15) is 14.4 Å². The molecule has 1 heterocycles. The topological polar surface area (TPSA) is 88.9 Å². The van der Waals surface area contributed by atoms with Gasteiger partial charge >= 0.3 is 5.97 Å². The number of methoxy groups -OCH3 is 1. The molecule has 2 fully saturated rings. The molecule has 0 radical (unpaired) electrons. The van der Waals surface area contributed by atoms with Gasteiger partial charge in [0.25, 0.3) is 11.8 Å². The molecule has 1 unspecified atom stereocenters. The lowest BCUT2D eigenvalue weighted by atomic mass is 9.86. The molecule has 1 saturated heterocycles. The summed E-state index contributed by atoms with van der Waals surface area (Å²) >= 11 is 0. The summed E-state index contributed by atoms with van der Waals surface area (Å²) in [5.74, 6) is -0.150. The highest BCUT2D eigenvalue weighted by Crippen LogP contribution is 2.23. The molecular weight excluding hydrogens is 298 g/mol. The van der Waals surface area contributed by atoms with Crippen molar-refractivity contribution in [3.63, 3.8) is 0 Å². The van der Waals surface area contributed by atoms with Crippen LogP contribution in [-0.4, -0.2) is 56.6 Å². The summed E-state index contributed by atoms with van der Waals surface area (Å²) < 4.78 is 4.66. The van der Waals surface area contributed by atoms with Gasteiger partial charge in [0, 0.05) is 6.04 Å². The van der Waals surface area contributed by atoms with Gasteiger partial charge in [-0.15, -0.1) is 0 Å². The van der Waals surface area contributed by atoms with Gasteiger partial charge in [-0.2, -0.15) is 0 Å². The minimum Gasteiger partial charge on any atom is -0.469 e.